The van der Waals surface area contributed by atoms with Crippen molar-refractivity contribution in [2.45, 2.75) is 6.42 Å². The third-order valence-electron chi connectivity index (χ3n) is 3.80. The number of hydrogen-bond acceptors (Lipinski definition) is 2. The van der Waals surface area contributed by atoms with Crippen LogP contribution >= 0.6 is 0 Å². The standard InChI is InChI=1S/C18H14N2/c1-4-11-19-20(12-5-1)18-10-6-9-16-15-8-3-2-7-14(15)13-17(16)18/h1-12H,13H2. The van der Waals surface area contributed by atoms with Gasteiger partial charge in [0.05, 0.1) is 5.69 Å². The number of hydrazone groups is 1. The first kappa shape index (κ1) is 11.2. The van der Waals surface area contributed by atoms with E-state index in [-0.39, 0.29) is 0 Å². The number of nitrogens with zero attached hydrogens (tertiary/aromatic N) is 2. The van der Waals surface area contributed by atoms with Crippen LogP contribution < -0.4 is 5.01 Å². The Kier molecular flexibility index (Phi) is 2.52. The molecule has 0 saturated carbocycles. The molecule has 2 aromatic rings. The average Bonchev–Trinajstić information content (AvgIpc) is 2.68. The quantitative estimate of drug-likeness (QED) is 0.640. The van der Waals surface area contributed by atoms with E-state index in [1.54, 1.807) is 0 Å². The van der Waals surface area contributed by atoms with Crippen LogP contribution in [0.15, 0.2) is 72.0 Å². The summed E-state index contributed by atoms with van der Waals surface area (Å²) in [6.45, 7) is 0. The lowest BCUT2D eigenvalue weighted by molar-refractivity contribution is 1.06. The van der Waals surface area contributed by atoms with E-state index in [0.29, 0.717) is 0 Å². The van der Waals surface area contributed by atoms with Crippen molar-refractivity contribution in [2.24, 2.45) is 5.10 Å². The zero-order valence-electron chi connectivity index (χ0n) is 11.0. The second kappa shape index (κ2) is 4.49. The molecular weight excluding hydrogens is 244 g/mol. The third-order valence-corrected chi connectivity index (χ3v) is 3.80. The fourth-order valence-electron chi connectivity index (χ4n) is 2.89. The number of allylic oxidation sites excluding steroid dienone is 3. The Morgan fingerprint density at radius 2 is 1.75 bits per heavy atom. The van der Waals surface area contributed by atoms with Gasteiger partial charge in [-0.05, 0) is 40.5 Å². The van der Waals surface area contributed by atoms with Crippen molar-refractivity contribution in [3.05, 3.63) is 78.0 Å². The zero-order chi connectivity index (χ0) is 13.4. The van der Waals surface area contributed by atoms with Crippen molar-refractivity contribution in [1.29, 1.82) is 0 Å². The smallest absolute Gasteiger partial charge is 0.0687 e. The second-order valence-corrected chi connectivity index (χ2v) is 4.97. The molecule has 1 heterocycles. The molecule has 1 aliphatic heterocycles. The number of anilines is 1. The highest BCUT2D eigenvalue weighted by Crippen LogP contribution is 2.41. The largest absolute Gasteiger partial charge is 0.241 e. The van der Waals surface area contributed by atoms with Gasteiger partial charge in [0.25, 0.3) is 0 Å². The van der Waals surface area contributed by atoms with Crippen LogP contribution in [-0.2, 0) is 6.42 Å². The van der Waals surface area contributed by atoms with E-state index < -0.39 is 0 Å². The summed E-state index contributed by atoms with van der Waals surface area (Å²) in [5.74, 6) is 0. The molecule has 0 spiro atoms. The van der Waals surface area contributed by atoms with Gasteiger partial charge in [-0.2, -0.15) is 5.10 Å². The lowest BCUT2D eigenvalue weighted by Crippen LogP contribution is -2.09. The summed E-state index contributed by atoms with van der Waals surface area (Å²) in [7, 11) is 0. The molecule has 0 amide bonds. The van der Waals surface area contributed by atoms with E-state index in [1.807, 2.05) is 35.7 Å². The molecule has 2 heteroatoms. The Labute approximate surface area is 118 Å². The first-order valence-electron chi connectivity index (χ1n) is 6.80. The van der Waals surface area contributed by atoms with Crippen LogP contribution in [0.1, 0.15) is 11.1 Å². The highest BCUT2D eigenvalue weighted by atomic mass is 15.4. The van der Waals surface area contributed by atoms with Crippen LogP contribution in [0.2, 0.25) is 0 Å². The number of hydrogen-bond donors (Lipinski definition) is 0. The van der Waals surface area contributed by atoms with Crippen molar-refractivity contribution >= 4 is 11.9 Å². The lowest BCUT2D eigenvalue weighted by Gasteiger charge is -2.17. The van der Waals surface area contributed by atoms with Gasteiger partial charge < -0.3 is 0 Å². The molecule has 4 rings (SSSR count). The molecule has 0 bridgehead atoms. The fourth-order valence-corrected chi connectivity index (χ4v) is 2.89. The average molecular weight is 258 g/mol. The molecular formula is C18H14N2. The van der Waals surface area contributed by atoms with Crippen molar-refractivity contribution < 1.29 is 0 Å². The van der Waals surface area contributed by atoms with Crippen molar-refractivity contribution in [2.75, 3.05) is 5.01 Å². The van der Waals surface area contributed by atoms with Crippen LogP contribution in [0.5, 0.6) is 0 Å². The number of benzene rings is 2. The van der Waals surface area contributed by atoms with Crippen LogP contribution in [-0.4, -0.2) is 6.21 Å². The molecule has 0 fully saturated rings. The van der Waals surface area contributed by atoms with Gasteiger partial charge in [-0.3, -0.25) is 0 Å². The summed E-state index contributed by atoms with van der Waals surface area (Å²) in [6.07, 6.45) is 10.7. The first-order chi connectivity index (χ1) is 9.93. The number of fused-ring (bicyclic) bond motifs is 3. The molecule has 0 aromatic heterocycles. The summed E-state index contributed by atoms with van der Waals surface area (Å²) in [6, 6.07) is 15.1. The predicted octanol–water partition coefficient (Wildman–Crippen LogP) is 4.13. The number of rotatable bonds is 1. The van der Waals surface area contributed by atoms with Gasteiger partial charge in [0, 0.05) is 18.8 Å². The molecule has 96 valence electrons. The SMILES string of the molecule is C1=CC=NN(c2cccc3c2Cc2ccccc2-3)C=C1. The minimum atomic E-state index is 0.981. The Hall–Kier alpha value is -2.61. The minimum absolute atomic E-state index is 0.981. The van der Waals surface area contributed by atoms with Gasteiger partial charge in [0.15, 0.2) is 0 Å². The molecule has 2 aliphatic rings. The highest BCUT2D eigenvalue weighted by molar-refractivity contribution is 5.83. The van der Waals surface area contributed by atoms with E-state index in [1.165, 1.54) is 22.3 Å². The summed E-state index contributed by atoms with van der Waals surface area (Å²) in [4.78, 5) is 0. The van der Waals surface area contributed by atoms with Crippen molar-refractivity contribution in [3.8, 4) is 11.1 Å². The Morgan fingerprint density at radius 3 is 2.75 bits per heavy atom. The maximum absolute atomic E-state index is 4.47. The molecule has 0 atom stereocenters. The van der Waals surface area contributed by atoms with Gasteiger partial charge in [-0.25, -0.2) is 5.01 Å². The molecule has 2 nitrogen and oxygen atoms in total. The molecule has 0 unspecified atom stereocenters. The first-order valence-corrected chi connectivity index (χ1v) is 6.80. The van der Waals surface area contributed by atoms with Gasteiger partial charge in [0.1, 0.15) is 0 Å². The van der Waals surface area contributed by atoms with Gasteiger partial charge in [-0.15, -0.1) is 0 Å². The Morgan fingerprint density at radius 1 is 0.850 bits per heavy atom. The molecule has 20 heavy (non-hydrogen) atoms. The van der Waals surface area contributed by atoms with E-state index in [4.69, 9.17) is 0 Å². The van der Waals surface area contributed by atoms with Gasteiger partial charge in [-0.1, -0.05) is 42.5 Å². The van der Waals surface area contributed by atoms with Crippen LogP contribution in [0.25, 0.3) is 11.1 Å². The molecule has 2 aromatic carbocycles. The van der Waals surface area contributed by atoms with Gasteiger partial charge >= 0.3 is 0 Å². The lowest BCUT2D eigenvalue weighted by atomic mass is 10.0. The maximum atomic E-state index is 4.47. The van der Waals surface area contributed by atoms with E-state index in [0.717, 1.165) is 12.1 Å². The predicted molar refractivity (Wildman–Crippen MR) is 83.9 cm³/mol. The minimum Gasteiger partial charge on any atom is -0.241 e. The Balaban J connectivity index is 1.85. The maximum Gasteiger partial charge on any atom is 0.0687 e. The summed E-state index contributed by atoms with van der Waals surface area (Å²) in [5.41, 5.74) is 6.60. The fraction of sp³-hybridized carbons (Fsp3) is 0.0556. The van der Waals surface area contributed by atoms with Crippen LogP contribution in [0, 0.1) is 0 Å². The van der Waals surface area contributed by atoms with Crippen LogP contribution in [0.4, 0.5) is 5.69 Å². The van der Waals surface area contributed by atoms with Crippen molar-refractivity contribution in [1.82, 2.24) is 0 Å². The van der Waals surface area contributed by atoms with Crippen molar-refractivity contribution in [3.63, 3.8) is 0 Å². The zero-order valence-corrected chi connectivity index (χ0v) is 11.0. The van der Waals surface area contributed by atoms with E-state index >= 15 is 0 Å². The van der Waals surface area contributed by atoms with Gasteiger partial charge in [0.2, 0.25) is 0 Å². The van der Waals surface area contributed by atoms with E-state index in [9.17, 15) is 0 Å². The summed E-state index contributed by atoms with van der Waals surface area (Å²) in [5, 5.41) is 6.42. The Bertz CT molecular complexity index is 738. The topological polar surface area (TPSA) is 15.6 Å². The summed E-state index contributed by atoms with van der Waals surface area (Å²) >= 11 is 0. The molecule has 1 aliphatic carbocycles. The molecule has 0 N–H and O–H groups in total. The summed E-state index contributed by atoms with van der Waals surface area (Å²) < 4.78 is 0. The van der Waals surface area contributed by atoms with Crippen LogP contribution in [0.3, 0.4) is 0 Å². The van der Waals surface area contributed by atoms with E-state index in [2.05, 4.69) is 47.6 Å². The third kappa shape index (κ3) is 1.69. The monoisotopic (exact) mass is 258 g/mol. The molecule has 0 saturated heterocycles. The second-order valence-electron chi connectivity index (χ2n) is 4.97. The highest BCUT2D eigenvalue weighted by Gasteiger charge is 2.22. The normalized spacial score (nSPS) is 15.1. The molecule has 0 radical (unpaired) electrons.